The van der Waals surface area contributed by atoms with Crippen LogP contribution in [0.15, 0.2) is 76.0 Å². The quantitative estimate of drug-likeness (QED) is 0.509. The summed E-state index contributed by atoms with van der Waals surface area (Å²) in [6.45, 7) is 2.02. The fourth-order valence-corrected chi connectivity index (χ4v) is 6.62. The number of Topliss-reactive ketones (excluding diaryl/α,β-unsaturated/α-hetero) is 2. The molecule has 3 aliphatic rings. The van der Waals surface area contributed by atoms with E-state index in [1.807, 2.05) is 11.8 Å². The number of nitrogens with zero attached hydrogens (tertiary/aromatic N) is 1. The van der Waals surface area contributed by atoms with Crippen molar-refractivity contribution in [2.45, 2.75) is 62.7 Å². The Labute approximate surface area is 221 Å². The number of allylic oxidation sites excluding steroid dienone is 4. The Hall–Kier alpha value is -3.72. The van der Waals surface area contributed by atoms with E-state index in [9.17, 15) is 27.9 Å². The summed E-state index contributed by atoms with van der Waals surface area (Å²) >= 11 is 0. The van der Waals surface area contributed by atoms with Crippen LogP contribution in [0, 0.1) is 6.92 Å². The Morgan fingerprint density at radius 2 is 1.50 bits per heavy atom. The number of hydrogen-bond acceptors (Lipinski definition) is 7. The number of carbonyl (C=O) groups excluding carboxylic acids is 2. The minimum atomic E-state index is -4.18. The van der Waals surface area contributed by atoms with Crippen molar-refractivity contribution in [3.8, 4) is 5.75 Å². The van der Waals surface area contributed by atoms with Gasteiger partial charge in [0.1, 0.15) is 10.6 Å². The van der Waals surface area contributed by atoms with E-state index in [1.165, 1.54) is 12.1 Å². The molecule has 9 heteroatoms. The standard InChI is InChI=1S/C29H29NO7S/c1-18-12-14-19(15-13-18)38(35,36)37-25-11-3-2-6-20(25)27-28-21(7-4-9-23(28)31)30(17-16-26(33)34)22-8-5-10-24(32)29(22)27/h2-3,6,11-15,27H,4-5,7-10,16-17H2,1H3,(H,33,34). The lowest BCUT2D eigenvalue weighted by Gasteiger charge is -2.44. The number of aliphatic carboxylic acids is 1. The molecule has 5 rings (SSSR count). The molecule has 38 heavy (non-hydrogen) atoms. The van der Waals surface area contributed by atoms with E-state index < -0.39 is 22.0 Å². The Morgan fingerprint density at radius 3 is 2.08 bits per heavy atom. The molecule has 0 saturated carbocycles. The summed E-state index contributed by atoms with van der Waals surface area (Å²) in [6, 6.07) is 13.0. The molecule has 2 aliphatic carbocycles. The fraction of sp³-hybridized carbons (Fsp3) is 0.345. The molecule has 0 spiro atoms. The van der Waals surface area contributed by atoms with Gasteiger partial charge in [0.05, 0.1) is 6.42 Å². The second-order valence-electron chi connectivity index (χ2n) is 9.89. The highest BCUT2D eigenvalue weighted by atomic mass is 32.2. The van der Waals surface area contributed by atoms with Crippen LogP contribution in [0.2, 0.25) is 0 Å². The third kappa shape index (κ3) is 4.78. The normalized spacial score (nSPS) is 18.4. The molecule has 8 nitrogen and oxygen atoms in total. The van der Waals surface area contributed by atoms with E-state index in [2.05, 4.69) is 0 Å². The summed E-state index contributed by atoms with van der Waals surface area (Å²) in [5.74, 6) is -1.89. The van der Waals surface area contributed by atoms with Crippen LogP contribution in [0.3, 0.4) is 0 Å². The first-order valence-electron chi connectivity index (χ1n) is 12.8. The van der Waals surface area contributed by atoms with Gasteiger partial charge in [0, 0.05) is 53.4 Å². The number of carbonyl (C=O) groups is 3. The molecule has 0 saturated heterocycles. The second kappa shape index (κ2) is 10.2. The summed E-state index contributed by atoms with van der Waals surface area (Å²) in [5.41, 5.74) is 3.70. The van der Waals surface area contributed by atoms with Crippen LogP contribution in [-0.2, 0) is 24.5 Å². The van der Waals surface area contributed by atoms with E-state index in [-0.39, 0.29) is 35.2 Å². The lowest BCUT2D eigenvalue weighted by atomic mass is 9.70. The molecule has 0 bridgehead atoms. The summed E-state index contributed by atoms with van der Waals surface area (Å²) in [4.78, 5) is 40.2. The maximum Gasteiger partial charge on any atom is 0.339 e. The van der Waals surface area contributed by atoms with E-state index in [1.54, 1.807) is 36.4 Å². The molecule has 1 N–H and O–H groups in total. The highest BCUT2D eigenvalue weighted by Gasteiger charge is 2.44. The van der Waals surface area contributed by atoms with Gasteiger partial charge in [-0.25, -0.2) is 0 Å². The smallest absolute Gasteiger partial charge is 0.339 e. The number of carboxylic acids is 1. The first-order chi connectivity index (χ1) is 18.2. The second-order valence-corrected chi connectivity index (χ2v) is 11.4. The third-order valence-electron chi connectivity index (χ3n) is 7.37. The molecule has 0 amide bonds. The number of hydrogen-bond donors (Lipinski definition) is 1. The van der Waals surface area contributed by atoms with Crippen molar-refractivity contribution in [2.24, 2.45) is 0 Å². The van der Waals surface area contributed by atoms with Crippen LogP contribution in [0.5, 0.6) is 5.75 Å². The summed E-state index contributed by atoms with van der Waals surface area (Å²) < 4.78 is 32.1. The van der Waals surface area contributed by atoms with Gasteiger partial charge in [-0.05, 0) is 50.8 Å². The maximum atomic E-state index is 13.4. The number of benzene rings is 2. The van der Waals surface area contributed by atoms with Crippen LogP contribution < -0.4 is 4.18 Å². The molecule has 0 fully saturated rings. The van der Waals surface area contributed by atoms with Crippen molar-refractivity contribution in [3.05, 3.63) is 82.2 Å². The number of rotatable bonds is 7. The maximum absolute atomic E-state index is 13.4. The zero-order valence-electron chi connectivity index (χ0n) is 21.1. The fourth-order valence-electron chi connectivity index (χ4n) is 5.67. The first-order valence-corrected chi connectivity index (χ1v) is 14.2. The molecular formula is C29H29NO7S. The Morgan fingerprint density at radius 1 is 0.921 bits per heavy atom. The van der Waals surface area contributed by atoms with Crippen LogP contribution >= 0.6 is 0 Å². The average molecular weight is 536 g/mol. The minimum Gasteiger partial charge on any atom is -0.481 e. The van der Waals surface area contributed by atoms with Crippen LogP contribution in [0.25, 0.3) is 0 Å². The third-order valence-corrected chi connectivity index (χ3v) is 8.62. The summed E-state index contributed by atoms with van der Waals surface area (Å²) in [7, 11) is -4.18. The van der Waals surface area contributed by atoms with Crippen LogP contribution in [0.1, 0.15) is 62.0 Å². The van der Waals surface area contributed by atoms with Gasteiger partial charge in [0.2, 0.25) is 0 Å². The molecule has 1 aliphatic heterocycles. The van der Waals surface area contributed by atoms with E-state index >= 15 is 0 Å². The van der Waals surface area contributed by atoms with Crippen molar-refractivity contribution in [1.29, 1.82) is 0 Å². The minimum absolute atomic E-state index is 0.00341. The first kappa shape index (κ1) is 25.9. The number of ketones is 2. The van der Waals surface area contributed by atoms with Crippen LogP contribution in [0.4, 0.5) is 0 Å². The van der Waals surface area contributed by atoms with Crippen molar-refractivity contribution in [2.75, 3.05) is 6.54 Å². The Bertz CT molecular complexity index is 1440. The predicted octanol–water partition coefficient (Wildman–Crippen LogP) is 4.65. The Balaban J connectivity index is 1.66. The van der Waals surface area contributed by atoms with Gasteiger partial charge < -0.3 is 14.2 Å². The monoisotopic (exact) mass is 535 g/mol. The molecule has 198 valence electrons. The molecule has 0 unspecified atom stereocenters. The van der Waals surface area contributed by atoms with Crippen molar-refractivity contribution in [1.82, 2.24) is 4.90 Å². The number of para-hydroxylation sites is 1. The highest BCUT2D eigenvalue weighted by Crippen LogP contribution is 2.51. The SMILES string of the molecule is Cc1ccc(S(=O)(=O)Oc2ccccc2C2C3=C(CCCC3=O)N(CCC(=O)O)C3=C2C(=O)CCC3)cc1. The van der Waals surface area contributed by atoms with Gasteiger partial charge in [-0.15, -0.1) is 0 Å². The van der Waals surface area contributed by atoms with Gasteiger partial charge in [-0.3, -0.25) is 14.4 Å². The molecule has 1 heterocycles. The number of aryl methyl sites for hydroxylation is 1. The zero-order chi connectivity index (χ0) is 27.0. The highest BCUT2D eigenvalue weighted by molar-refractivity contribution is 7.87. The molecule has 2 aromatic carbocycles. The zero-order valence-corrected chi connectivity index (χ0v) is 21.9. The lowest BCUT2D eigenvalue weighted by Crippen LogP contribution is -2.40. The molecule has 0 atom stereocenters. The van der Waals surface area contributed by atoms with Crippen molar-refractivity contribution >= 4 is 27.7 Å². The van der Waals surface area contributed by atoms with E-state index in [0.717, 1.165) is 17.0 Å². The topological polar surface area (TPSA) is 118 Å². The molecule has 0 aromatic heterocycles. The summed E-state index contributed by atoms with van der Waals surface area (Å²) in [6.07, 6.45) is 2.90. The van der Waals surface area contributed by atoms with Gasteiger partial charge in [0.25, 0.3) is 0 Å². The molecular weight excluding hydrogens is 506 g/mol. The van der Waals surface area contributed by atoms with Gasteiger partial charge in [0.15, 0.2) is 11.6 Å². The predicted molar refractivity (Wildman–Crippen MR) is 139 cm³/mol. The van der Waals surface area contributed by atoms with Gasteiger partial charge >= 0.3 is 16.1 Å². The lowest BCUT2D eigenvalue weighted by molar-refractivity contribution is -0.137. The van der Waals surface area contributed by atoms with E-state index in [4.69, 9.17) is 4.18 Å². The van der Waals surface area contributed by atoms with Gasteiger partial charge in [-0.1, -0.05) is 35.9 Å². The van der Waals surface area contributed by atoms with Crippen molar-refractivity contribution < 1.29 is 32.1 Å². The number of carboxylic acid groups (broad SMARTS) is 1. The molecule has 2 aromatic rings. The van der Waals surface area contributed by atoms with Crippen LogP contribution in [-0.4, -0.2) is 42.5 Å². The largest absolute Gasteiger partial charge is 0.481 e. The summed E-state index contributed by atoms with van der Waals surface area (Å²) in [5, 5.41) is 9.36. The average Bonchev–Trinajstić information content (AvgIpc) is 2.88. The van der Waals surface area contributed by atoms with E-state index in [0.29, 0.717) is 55.2 Å². The molecule has 0 radical (unpaired) electrons. The van der Waals surface area contributed by atoms with Crippen molar-refractivity contribution in [3.63, 3.8) is 0 Å². The van der Waals surface area contributed by atoms with Gasteiger partial charge in [-0.2, -0.15) is 8.42 Å². The Kier molecular flexibility index (Phi) is 6.96.